The number of carboxylic acid groups (broad SMARTS) is 1. The minimum atomic E-state index is -1.25. The van der Waals surface area contributed by atoms with Gasteiger partial charge in [-0.3, -0.25) is 38.4 Å². The molecule has 0 aromatic heterocycles. The quantitative estimate of drug-likeness (QED) is 0.0351. The predicted octanol–water partition coefficient (Wildman–Crippen LogP) is 0.565. The van der Waals surface area contributed by atoms with Crippen molar-refractivity contribution in [2.24, 2.45) is 11.5 Å². The lowest BCUT2D eigenvalue weighted by atomic mass is 10.0. The van der Waals surface area contributed by atoms with Crippen molar-refractivity contribution in [1.29, 1.82) is 0 Å². The minimum absolute atomic E-state index is 0.00256. The fourth-order valence-electron chi connectivity index (χ4n) is 7.18. The third kappa shape index (κ3) is 19.6. The van der Waals surface area contributed by atoms with Gasteiger partial charge < -0.3 is 53.8 Å². The first-order chi connectivity index (χ1) is 32.7. The number of nitrogens with one attached hydrogen (secondary N) is 7. The molecule has 12 N–H and O–H groups in total. The minimum Gasteiger partial charge on any atom is -0.481 e. The number of amides is 7. The van der Waals surface area contributed by atoms with Crippen molar-refractivity contribution in [2.75, 3.05) is 19.6 Å². The van der Waals surface area contributed by atoms with Crippen molar-refractivity contribution in [2.45, 2.75) is 94.5 Å². The number of aliphatic carboxylic acids is 1. The van der Waals surface area contributed by atoms with E-state index in [2.05, 4.69) is 37.2 Å². The predicted molar refractivity (Wildman–Crippen MR) is 255 cm³/mol. The summed E-state index contributed by atoms with van der Waals surface area (Å²) >= 11 is 0. The molecule has 18 heteroatoms. The molecule has 0 aliphatic carbocycles. The topological polar surface area (TPSA) is 293 Å². The van der Waals surface area contributed by atoms with Crippen molar-refractivity contribution >= 4 is 47.3 Å². The van der Waals surface area contributed by atoms with E-state index in [4.69, 9.17) is 11.5 Å². The lowest BCUT2D eigenvalue weighted by molar-refractivity contribution is -0.138. The van der Waals surface area contributed by atoms with E-state index in [0.717, 1.165) is 11.1 Å². The number of nitrogens with two attached hydrogens (primary N) is 2. The molecule has 18 nitrogen and oxygen atoms in total. The molecule has 4 aromatic rings. The van der Waals surface area contributed by atoms with Crippen LogP contribution in [0.5, 0.6) is 0 Å². The molecule has 6 atom stereocenters. The van der Waals surface area contributed by atoms with Crippen LogP contribution in [0.3, 0.4) is 0 Å². The number of hydrogen-bond donors (Lipinski definition) is 10. The van der Waals surface area contributed by atoms with Crippen LogP contribution in [0, 0.1) is 0 Å². The summed E-state index contributed by atoms with van der Waals surface area (Å²) in [6.45, 7) is 0.785. The average Bonchev–Trinajstić information content (AvgIpc) is 3.32. The van der Waals surface area contributed by atoms with E-state index in [-0.39, 0.29) is 38.5 Å². The van der Waals surface area contributed by atoms with Gasteiger partial charge in [-0.2, -0.15) is 0 Å². The Kier molecular flexibility index (Phi) is 22.3. The first-order valence-corrected chi connectivity index (χ1v) is 22.6. The molecule has 0 saturated heterocycles. The van der Waals surface area contributed by atoms with Gasteiger partial charge in [0.05, 0.1) is 25.6 Å². The van der Waals surface area contributed by atoms with Crippen LogP contribution >= 0.6 is 0 Å². The summed E-state index contributed by atoms with van der Waals surface area (Å²) in [5, 5.41) is 27.7. The lowest BCUT2D eigenvalue weighted by Crippen LogP contribution is -2.58. The first-order valence-electron chi connectivity index (χ1n) is 22.6. The van der Waals surface area contributed by atoms with E-state index in [9.17, 15) is 43.5 Å². The van der Waals surface area contributed by atoms with Gasteiger partial charge in [0.25, 0.3) is 0 Å². The molecule has 0 bridgehead atoms. The van der Waals surface area contributed by atoms with Gasteiger partial charge in [0.15, 0.2) is 0 Å². The Labute approximate surface area is 396 Å². The van der Waals surface area contributed by atoms with Crippen molar-refractivity contribution in [3.63, 3.8) is 0 Å². The Hall–Kier alpha value is -7.44. The van der Waals surface area contributed by atoms with Gasteiger partial charge >= 0.3 is 5.97 Å². The van der Waals surface area contributed by atoms with Gasteiger partial charge in [0, 0.05) is 25.3 Å². The first kappa shape index (κ1) is 53.2. The zero-order chi connectivity index (χ0) is 49.3. The van der Waals surface area contributed by atoms with Crippen LogP contribution in [0.2, 0.25) is 0 Å². The molecule has 0 aliphatic rings. The molecule has 68 heavy (non-hydrogen) atoms. The second-order valence-corrected chi connectivity index (χ2v) is 16.5. The van der Waals surface area contributed by atoms with Gasteiger partial charge in [-0.15, -0.1) is 0 Å². The summed E-state index contributed by atoms with van der Waals surface area (Å²) in [5.74, 6) is -5.82. The van der Waals surface area contributed by atoms with E-state index in [1.807, 2.05) is 30.3 Å². The number of carbonyl (C=O) groups excluding carboxylic acids is 7. The molecule has 0 radical (unpaired) electrons. The van der Waals surface area contributed by atoms with Crippen LogP contribution < -0.4 is 48.7 Å². The van der Waals surface area contributed by atoms with Crippen molar-refractivity contribution in [1.82, 2.24) is 37.2 Å². The molecular formula is C50H63N9O9. The molecule has 7 amide bonds. The number of hydrogen-bond acceptors (Lipinski definition) is 10. The van der Waals surface area contributed by atoms with E-state index in [0.29, 0.717) is 30.5 Å². The zero-order valence-electron chi connectivity index (χ0n) is 38.2. The second kappa shape index (κ2) is 28.6. The van der Waals surface area contributed by atoms with E-state index < -0.39 is 96.7 Å². The van der Waals surface area contributed by atoms with E-state index >= 15 is 0 Å². The molecule has 0 fully saturated rings. The molecule has 362 valence electrons. The largest absolute Gasteiger partial charge is 0.481 e. The van der Waals surface area contributed by atoms with Gasteiger partial charge in [-0.1, -0.05) is 121 Å². The zero-order valence-corrected chi connectivity index (χ0v) is 38.2. The van der Waals surface area contributed by atoms with Crippen LogP contribution in [-0.4, -0.2) is 108 Å². The smallest absolute Gasteiger partial charge is 0.305 e. The molecule has 4 rings (SSSR count). The summed E-state index contributed by atoms with van der Waals surface area (Å²) < 4.78 is 0. The van der Waals surface area contributed by atoms with Crippen LogP contribution in [0.25, 0.3) is 0 Å². The number of unbranched alkanes of at least 4 members (excludes halogenated alkanes) is 1. The molecular weight excluding hydrogens is 871 g/mol. The summed E-state index contributed by atoms with van der Waals surface area (Å²) in [5.41, 5.74) is 14.8. The van der Waals surface area contributed by atoms with Gasteiger partial charge in [-0.05, 0) is 61.4 Å². The normalized spacial score (nSPS) is 13.5. The monoisotopic (exact) mass is 933 g/mol. The molecule has 0 heterocycles. The Morgan fingerprint density at radius 2 is 0.838 bits per heavy atom. The molecule has 6 unspecified atom stereocenters. The maximum absolute atomic E-state index is 14.2. The maximum Gasteiger partial charge on any atom is 0.305 e. The van der Waals surface area contributed by atoms with Gasteiger partial charge in [0.1, 0.15) is 24.2 Å². The van der Waals surface area contributed by atoms with Crippen LogP contribution in [-0.2, 0) is 64.0 Å². The second-order valence-electron chi connectivity index (χ2n) is 16.5. The van der Waals surface area contributed by atoms with E-state index in [1.165, 1.54) is 6.92 Å². The number of carboxylic acids is 1. The number of carbonyl (C=O) groups is 8. The highest BCUT2D eigenvalue weighted by Gasteiger charge is 2.31. The van der Waals surface area contributed by atoms with Crippen molar-refractivity contribution in [3.05, 3.63) is 144 Å². The van der Waals surface area contributed by atoms with E-state index in [1.54, 1.807) is 91.0 Å². The fraction of sp³-hybridized carbons (Fsp3) is 0.360. The SMILES string of the molecule is CC(CC(=O)O)NC(=O)C(Cc1ccccc1)NC(=O)CNC(=O)C(Cc1ccccc1)NC(=O)C(CCCCN)NC(=O)C(Cc1ccccc1)NC(=O)CNC(=O)C(N)Cc1ccccc1. The van der Waals surface area contributed by atoms with Crippen molar-refractivity contribution < 1.29 is 43.5 Å². The number of rotatable bonds is 28. The summed E-state index contributed by atoms with van der Waals surface area (Å²) in [6, 6.07) is 29.3. The molecule has 0 spiro atoms. The van der Waals surface area contributed by atoms with Crippen LogP contribution in [0.4, 0.5) is 0 Å². The van der Waals surface area contributed by atoms with Gasteiger partial charge in [-0.25, -0.2) is 0 Å². The Morgan fingerprint density at radius 1 is 0.471 bits per heavy atom. The summed E-state index contributed by atoms with van der Waals surface area (Å²) in [4.78, 5) is 106. The molecule has 4 aromatic carbocycles. The van der Waals surface area contributed by atoms with Crippen molar-refractivity contribution in [3.8, 4) is 0 Å². The highest BCUT2D eigenvalue weighted by Crippen LogP contribution is 2.10. The molecule has 0 aliphatic heterocycles. The Balaban J connectivity index is 1.47. The van der Waals surface area contributed by atoms with Crippen LogP contribution in [0.15, 0.2) is 121 Å². The standard InChI is InChI=1S/C50H63N9O9/c1-33(26-45(62)63)55-49(67)41(29-36-20-10-4-11-21-36)56-44(61)32-54-47(65)40(28-35-18-8-3-9-19-35)59-48(66)39(24-14-15-25-51)58-50(68)42(30-37-22-12-5-13-23-37)57-43(60)31-53-46(64)38(52)27-34-16-6-2-7-17-34/h2-13,16-23,33,38-42H,14-15,24-32,51-52H2,1H3,(H,53,64)(H,54,65)(H,55,67)(H,56,61)(H,57,60)(H,58,68)(H,59,66)(H,62,63). The third-order valence-corrected chi connectivity index (χ3v) is 10.7. The number of benzene rings is 4. The lowest BCUT2D eigenvalue weighted by Gasteiger charge is -2.26. The third-order valence-electron chi connectivity index (χ3n) is 10.7. The summed E-state index contributed by atoms with van der Waals surface area (Å²) in [6.07, 6.45) is 1.07. The Bertz CT molecular complexity index is 2250. The summed E-state index contributed by atoms with van der Waals surface area (Å²) in [7, 11) is 0. The fourth-order valence-corrected chi connectivity index (χ4v) is 7.18. The van der Waals surface area contributed by atoms with Gasteiger partial charge in [0.2, 0.25) is 41.4 Å². The highest BCUT2D eigenvalue weighted by atomic mass is 16.4. The molecule has 0 saturated carbocycles. The van der Waals surface area contributed by atoms with Crippen LogP contribution in [0.1, 0.15) is 54.9 Å². The maximum atomic E-state index is 14.2. The average molecular weight is 934 g/mol. The highest BCUT2D eigenvalue weighted by molar-refractivity contribution is 5.96. The Morgan fingerprint density at radius 3 is 1.26 bits per heavy atom.